The summed E-state index contributed by atoms with van der Waals surface area (Å²) >= 11 is 0. The molecule has 1 rings (SSSR count). The summed E-state index contributed by atoms with van der Waals surface area (Å²) in [7, 11) is 1.98. The lowest BCUT2D eigenvalue weighted by Gasteiger charge is -2.03. The SMILES string of the molecule is C=CCCCNCCc1ccnn1C. The molecule has 0 atom stereocenters. The standard InChI is InChI=1S/C11H19N3/c1-3-4-5-8-12-9-6-11-7-10-13-14(11)2/h3,7,10,12H,1,4-6,8-9H2,2H3. The number of nitrogens with one attached hydrogen (secondary N) is 1. The van der Waals surface area contributed by atoms with Gasteiger partial charge in [-0.1, -0.05) is 6.08 Å². The smallest absolute Gasteiger partial charge is 0.0492 e. The molecule has 0 saturated heterocycles. The third-order valence-electron chi connectivity index (χ3n) is 2.24. The highest BCUT2D eigenvalue weighted by Gasteiger charge is 1.96. The van der Waals surface area contributed by atoms with Crippen LogP contribution in [0, 0.1) is 0 Å². The van der Waals surface area contributed by atoms with Crippen molar-refractivity contribution < 1.29 is 0 Å². The topological polar surface area (TPSA) is 29.9 Å². The molecule has 1 heterocycles. The van der Waals surface area contributed by atoms with E-state index in [1.165, 1.54) is 12.1 Å². The molecule has 0 aromatic carbocycles. The van der Waals surface area contributed by atoms with Crippen molar-refractivity contribution in [2.75, 3.05) is 13.1 Å². The lowest BCUT2D eigenvalue weighted by Crippen LogP contribution is -2.19. The maximum Gasteiger partial charge on any atom is 0.0492 e. The third kappa shape index (κ3) is 3.75. The number of rotatable bonds is 7. The molecule has 1 aromatic rings. The fourth-order valence-electron chi connectivity index (χ4n) is 1.36. The van der Waals surface area contributed by atoms with Gasteiger partial charge in [-0.05, 0) is 25.5 Å². The van der Waals surface area contributed by atoms with E-state index in [1.54, 1.807) is 0 Å². The number of aryl methyl sites for hydroxylation is 1. The first kappa shape index (κ1) is 11.0. The van der Waals surface area contributed by atoms with E-state index in [-0.39, 0.29) is 0 Å². The van der Waals surface area contributed by atoms with Crippen LogP contribution in [0.25, 0.3) is 0 Å². The number of allylic oxidation sites excluding steroid dienone is 1. The maximum absolute atomic E-state index is 4.12. The lowest BCUT2D eigenvalue weighted by atomic mass is 10.3. The molecule has 0 unspecified atom stereocenters. The fraction of sp³-hybridized carbons (Fsp3) is 0.545. The Balaban J connectivity index is 2.04. The molecule has 0 fully saturated rings. The maximum atomic E-state index is 4.12. The molecule has 0 spiro atoms. The van der Waals surface area contributed by atoms with E-state index < -0.39 is 0 Å². The van der Waals surface area contributed by atoms with E-state index in [4.69, 9.17) is 0 Å². The summed E-state index contributed by atoms with van der Waals surface area (Å²) in [6.45, 7) is 5.79. The zero-order valence-corrected chi connectivity index (χ0v) is 8.87. The molecule has 3 heteroatoms. The van der Waals surface area contributed by atoms with Gasteiger partial charge in [-0.15, -0.1) is 6.58 Å². The molecule has 1 N–H and O–H groups in total. The summed E-state index contributed by atoms with van der Waals surface area (Å²) in [5.41, 5.74) is 1.28. The summed E-state index contributed by atoms with van der Waals surface area (Å²) in [5, 5.41) is 7.52. The van der Waals surface area contributed by atoms with E-state index in [0.717, 1.165) is 25.9 Å². The number of aromatic nitrogens is 2. The van der Waals surface area contributed by atoms with Crippen molar-refractivity contribution in [2.45, 2.75) is 19.3 Å². The summed E-state index contributed by atoms with van der Waals surface area (Å²) in [6, 6.07) is 2.06. The predicted octanol–water partition coefficient (Wildman–Crippen LogP) is 1.52. The largest absolute Gasteiger partial charge is 0.316 e. The summed E-state index contributed by atoms with van der Waals surface area (Å²) in [6.07, 6.45) is 7.12. The van der Waals surface area contributed by atoms with Gasteiger partial charge in [0.15, 0.2) is 0 Å². The van der Waals surface area contributed by atoms with Gasteiger partial charge in [-0.2, -0.15) is 5.10 Å². The molecule has 0 aliphatic heterocycles. The molecule has 0 radical (unpaired) electrons. The zero-order chi connectivity index (χ0) is 10.2. The first-order chi connectivity index (χ1) is 6.84. The molecule has 0 aliphatic rings. The van der Waals surface area contributed by atoms with Gasteiger partial charge >= 0.3 is 0 Å². The minimum absolute atomic E-state index is 1.02. The molecule has 0 bridgehead atoms. The monoisotopic (exact) mass is 193 g/mol. The Morgan fingerprint density at radius 2 is 2.43 bits per heavy atom. The van der Waals surface area contributed by atoms with Crippen molar-refractivity contribution in [3.8, 4) is 0 Å². The van der Waals surface area contributed by atoms with E-state index in [9.17, 15) is 0 Å². The first-order valence-corrected chi connectivity index (χ1v) is 5.13. The highest BCUT2D eigenvalue weighted by molar-refractivity contribution is 5.00. The van der Waals surface area contributed by atoms with Crippen LogP contribution < -0.4 is 5.32 Å². The predicted molar refractivity (Wildman–Crippen MR) is 59.2 cm³/mol. The summed E-state index contributed by atoms with van der Waals surface area (Å²) in [4.78, 5) is 0. The van der Waals surface area contributed by atoms with Gasteiger partial charge in [0, 0.05) is 31.9 Å². The Hall–Kier alpha value is -1.09. The Morgan fingerprint density at radius 1 is 1.57 bits per heavy atom. The number of unbranched alkanes of at least 4 members (excludes halogenated alkanes) is 1. The Kier molecular flexibility index (Phi) is 5.00. The Bertz CT molecular complexity index is 265. The number of nitrogens with zero attached hydrogens (tertiary/aromatic N) is 2. The Morgan fingerprint density at radius 3 is 3.07 bits per heavy atom. The molecular weight excluding hydrogens is 174 g/mol. The average Bonchev–Trinajstić information content (AvgIpc) is 2.58. The minimum Gasteiger partial charge on any atom is -0.316 e. The quantitative estimate of drug-likeness (QED) is 0.525. The molecule has 0 aliphatic carbocycles. The van der Waals surface area contributed by atoms with Gasteiger partial charge in [0.2, 0.25) is 0 Å². The van der Waals surface area contributed by atoms with E-state index in [1.807, 2.05) is 24.0 Å². The number of hydrogen-bond acceptors (Lipinski definition) is 2. The third-order valence-corrected chi connectivity index (χ3v) is 2.24. The van der Waals surface area contributed by atoms with Crippen LogP contribution in [0.3, 0.4) is 0 Å². The highest BCUT2D eigenvalue weighted by Crippen LogP contribution is 1.96. The van der Waals surface area contributed by atoms with E-state index in [0.29, 0.717) is 0 Å². The van der Waals surface area contributed by atoms with Gasteiger partial charge in [0.1, 0.15) is 0 Å². The molecule has 0 saturated carbocycles. The minimum atomic E-state index is 1.02. The zero-order valence-electron chi connectivity index (χ0n) is 8.87. The second-order valence-electron chi connectivity index (χ2n) is 3.38. The van der Waals surface area contributed by atoms with Crippen LogP contribution in [-0.4, -0.2) is 22.9 Å². The van der Waals surface area contributed by atoms with Gasteiger partial charge in [-0.3, -0.25) is 4.68 Å². The van der Waals surface area contributed by atoms with Crippen LogP contribution in [0.5, 0.6) is 0 Å². The molecule has 0 amide bonds. The van der Waals surface area contributed by atoms with Crippen molar-refractivity contribution >= 4 is 0 Å². The summed E-state index contributed by atoms with van der Waals surface area (Å²) in [5.74, 6) is 0. The molecule has 78 valence electrons. The van der Waals surface area contributed by atoms with Crippen LogP contribution >= 0.6 is 0 Å². The van der Waals surface area contributed by atoms with Crippen LogP contribution in [0.4, 0.5) is 0 Å². The molecular formula is C11H19N3. The van der Waals surface area contributed by atoms with E-state index >= 15 is 0 Å². The van der Waals surface area contributed by atoms with Gasteiger partial charge < -0.3 is 5.32 Å². The van der Waals surface area contributed by atoms with Crippen molar-refractivity contribution in [2.24, 2.45) is 7.05 Å². The Labute approximate surface area is 85.8 Å². The van der Waals surface area contributed by atoms with Crippen LogP contribution in [0.15, 0.2) is 24.9 Å². The average molecular weight is 193 g/mol. The van der Waals surface area contributed by atoms with Crippen LogP contribution in [-0.2, 0) is 13.5 Å². The lowest BCUT2D eigenvalue weighted by molar-refractivity contribution is 0.626. The fourth-order valence-corrected chi connectivity index (χ4v) is 1.36. The summed E-state index contributed by atoms with van der Waals surface area (Å²) < 4.78 is 1.92. The van der Waals surface area contributed by atoms with Crippen molar-refractivity contribution in [1.29, 1.82) is 0 Å². The normalized spacial score (nSPS) is 10.4. The molecule has 1 aromatic heterocycles. The van der Waals surface area contributed by atoms with Crippen LogP contribution in [0.1, 0.15) is 18.5 Å². The van der Waals surface area contributed by atoms with Gasteiger partial charge in [-0.25, -0.2) is 0 Å². The second kappa shape index (κ2) is 6.38. The van der Waals surface area contributed by atoms with Crippen molar-refractivity contribution in [1.82, 2.24) is 15.1 Å². The van der Waals surface area contributed by atoms with Crippen LogP contribution in [0.2, 0.25) is 0 Å². The second-order valence-corrected chi connectivity index (χ2v) is 3.38. The molecule has 3 nitrogen and oxygen atoms in total. The van der Waals surface area contributed by atoms with Crippen molar-refractivity contribution in [3.05, 3.63) is 30.6 Å². The molecule has 14 heavy (non-hydrogen) atoms. The van der Waals surface area contributed by atoms with E-state index in [2.05, 4.69) is 23.1 Å². The number of hydrogen-bond donors (Lipinski definition) is 1. The van der Waals surface area contributed by atoms with Gasteiger partial charge in [0.05, 0.1) is 0 Å². The van der Waals surface area contributed by atoms with Crippen molar-refractivity contribution in [3.63, 3.8) is 0 Å². The highest BCUT2D eigenvalue weighted by atomic mass is 15.3. The van der Waals surface area contributed by atoms with Gasteiger partial charge in [0.25, 0.3) is 0 Å². The first-order valence-electron chi connectivity index (χ1n) is 5.13.